The summed E-state index contributed by atoms with van der Waals surface area (Å²) in [5, 5.41) is 63.6. The first kappa shape index (κ1) is 48.5. The monoisotopic (exact) mass is 910 g/mol. The molecule has 18 nitrogen and oxygen atoms in total. The maximum absolute atomic E-state index is 13.8. The summed E-state index contributed by atoms with van der Waals surface area (Å²) in [6.07, 6.45) is -8.83. The summed E-state index contributed by atoms with van der Waals surface area (Å²) in [6.45, 7) is 8.92. The van der Waals surface area contributed by atoms with E-state index in [2.05, 4.69) is 13.0 Å². The number of allylic oxidation sites excluding steroid dienone is 1. The normalized spacial score (nSPS) is 48.9. The van der Waals surface area contributed by atoms with Crippen LogP contribution in [0.25, 0.3) is 0 Å². The molecule has 0 radical (unpaired) electrons. The lowest BCUT2D eigenvalue weighted by molar-refractivity contribution is -0.357. The molecule has 1 aromatic rings. The minimum absolute atomic E-state index is 0.0972. The number of hydrogen-bond donors (Lipinski definition) is 6. The lowest BCUT2D eigenvalue weighted by Crippen LogP contribution is -2.62. The van der Waals surface area contributed by atoms with Gasteiger partial charge in [0.1, 0.15) is 54.3 Å². The van der Waals surface area contributed by atoms with Gasteiger partial charge in [-0.05, 0) is 77.2 Å². The molecule has 3 aliphatic carbocycles. The number of Topliss-reactive ketones (excluding diaryl/α,β-unsaturated/α-hetero) is 1. The van der Waals surface area contributed by atoms with E-state index in [-0.39, 0.29) is 48.2 Å². The third-order valence-electron chi connectivity index (χ3n) is 15.5. The number of aliphatic hydroxyl groups is 6. The molecule has 0 spiro atoms. The van der Waals surface area contributed by atoms with Gasteiger partial charge in [-0.15, -0.1) is 0 Å². The van der Waals surface area contributed by atoms with E-state index in [4.69, 9.17) is 51.8 Å². The van der Waals surface area contributed by atoms with Crippen molar-refractivity contribution in [3.05, 3.63) is 35.3 Å². The van der Waals surface area contributed by atoms with E-state index >= 15 is 0 Å². The van der Waals surface area contributed by atoms with Crippen LogP contribution in [0.2, 0.25) is 0 Å². The number of fused-ring (bicyclic) bond motifs is 3. The lowest BCUT2D eigenvalue weighted by Gasteiger charge is -2.54. The molecule has 1 aromatic heterocycles. The third kappa shape index (κ3) is 9.43. The lowest BCUT2D eigenvalue weighted by atomic mass is 9.51. The van der Waals surface area contributed by atoms with E-state index in [1.54, 1.807) is 20.3 Å². The van der Waals surface area contributed by atoms with Crippen molar-refractivity contribution in [3.8, 4) is 0 Å². The number of carbonyl (C=O) groups is 1. The highest BCUT2D eigenvalue weighted by Gasteiger charge is 2.55. The zero-order valence-electron chi connectivity index (χ0n) is 37.9. The average molecular weight is 911 g/mol. The van der Waals surface area contributed by atoms with Gasteiger partial charge in [-0.2, -0.15) is 0 Å². The van der Waals surface area contributed by atoms with Crippen molar-refractivity contribution in [2.75, 3.05) is 20.8 Å². The molecule has 64 heavy (non-hydrogen) atoms. The van der Waals surface area contributed by atoms with Gasteiger partial charge >= 0.3 is 0 Å². The Morgan fingerprint density at radius 2 is 1.34 bits per heavy atom. The van der Waals surface area contributed by atoms with Gasteiger partial charge in [-0.1, -0.05) is 18.6 Å². The van der Waals surface area contributed by atoms with E-state index in [1.165, 1.54) is 12.7 Å². The zero-order valence-corrected chi connectivity index (χ0v) is 37.9. The van der Waals surface area contributed by atoms with Crippen molar-refractivity contribution in [1.29, 1.82) is 0 Å². The number of carbonyl (C=O) groups excluding carboxylic acids is 1. The molecule has 2 saturated carbocycles. The van der Waals surface area contributed by atoms with Crippen LogP contribution in [0.4, 0.5) is 0 Å². The zero-order chi connectivity index (χ0) is 45.8. The fourth-order valence-corrected chi connectivity index (χ4v) is 11.9. The molecule has 5 heterocycles. The van der Waals surface area contributed by atoms with Gasteiger partial charge in [0.25, 0.3) is 0 Å². The molecule has 362 valence electrons. The van der Waals surface area contributed by atoms with Gasteiger partial charge in [0.15, 0.2) is 25.2 Å². The fraction of sp³-hybridized carbons (Fsp3) is 0.848. The molecule has 0 unspecified atom stereocenters. The second-order valence-corrected chi connectivity index (χ2v) is 19.3. The number of ketones is 1. The first-order chi connectivity index (χ1) is 30.5. The van der Waals surface area contributed by atoms with Crippen LogP contribution in [0, 0.1) is 24.2 Å². The molecular weight excluding hydrogens is 840 g/mol. The van der Waals surface area contributed by atoms with Crippen LogP contribution < -0.4 is 0 Å². The van der Waals surface area contributed by atoms with Crippen molar-refractivity contribution < 1.29 is 87.2 Å². The summed E-state index contributed by atoms with van der Waals surface area (Å²) >= 11 is 0. The molecule has 0 bridgehead atoms. The van der Waals surface area contributed by atoms with Crippen molar-refractivity contribution in [1.82, 2.24) is 0 Å². The maximum atomic E-state index is 13.8. The summed E-state index contributed by atoms with van der Waals surface area (Å²) in [7, 11) is 3.08. The third-order valence-corrected chi connectivity index (χ3v) is 15.5. The van der Waals surface area contributed by atoms with E-state index in [1.807, 2.05) is 26.8 Å². The Morgan fingerprint density at radius 3 is 1.94 bits per heavy atom. The Hall–Kier alpha value is -1.95. The Morgan fingerprint density at radius 1 is 0.734 bits per heavy atom. The molecular formula is C46H70O18. The number of aryl methyl sites for hydroxylation is 1. The quantitative estimate of drug-likeness (QED) is 0.164. The van der Waals surface area contributed by atoms with Crippen molar-refractivity contribution in [2.45, 2.75) is 209 Å². The molecule has 6 N–H and O–H groups in total. The number of ether oxygens (including phenoxy) is 10. The molecule has 8 rings (SSSR count). The Kier molecular flexibility index (Phi) is 15.1. The predicted octanol–water partition coefficient (Wildman–Crippen LogP) is 1.89. The highest BCUT2D eigenvalue weighted by Crippen LogP contribution is 2.58. The SMILES string of the molecule is CO[C@H]1C[C@H](O[C@H]2[C@H](C)O[C@H](O[C@H]3[C@@H](O)C[C@H](O[C@@H]4CC5=CC[C@H]6C(=O)[C@H](c7ccoc7C)CC[C@@H]6[C@@]5(C)C[C@H]4O)O[C@@H]3C)C[C@H]2OC)O[C@@H](C)[C@H]1O[C@@H]1O[C@H](CO)[C@@H](O)[C@H](O)[C@H]1O. The number of rotatable bonds is 12. The van der Waals surface area contributed by atoms with Crippen molar-refractivity contribution in [2.24, 2.45) is 17.3 Å². The first-order valence-electron chi connectivity index (χ1n) is 23.1. The topological polar surface area (TPSA) is 244 Å². The maximum Gasteiger partial charge on any atom is 0.187 e. The van der Waals surface area contributed by atoms with Gasteiger partial charge in [0.05, 0.1) is 61.7 Å². The number of furan rings is 1. The van der Waals surface area contributed by atoms with Crippen LogP contribution in [0.5, 0.6) is 0 Å². The largest absolute Gasteiger partial charge is 0.469 e. The number of methoxy groups -OCH3 is 2. The van der Waals surface area contributed by atoms with E-state index in [9.17, 15) is 35.4 Å². The molecule has 4 saturated heterocycles. The van der Waals surface area contributed by atoms with E-state index < -0.39 is 123 Å². The average Bonchev–Trinajstić information content (AvgIpc) is 3.69. The van der Waals surface area contributed by atoms with Gasteiger partial charge in [0.2, 0.25) is 0 Å². The van der Waals surface area contributed by atoms with Crippen LogP contribution >= 0.6 is 0 Å². The van der Waals surface area contributed by atoms with Crippen molar-refractivity contribution >= 4 is 5.78 Å². The van der Waals surface area contributed by atoms with Gasteiger partial charge < -0.3 is 82.4 Å². The van der Waals surface area contributed by atoms with Gasteiger partial charge in [-0.3, -0.25) is 4.79 Å². The van der Waals surface area contributed by atoms with Gasteiger partial charge in [-0.25, -0.2) is 0 Å². The second kappa shape index (κ2) is 19.9. The summed E-state index contributed by atoms with van der Waals surface area (Å²) in [6, 6.07) is 1.92. The minimum Gasteiger partial charge on any atom is -0.469 e. The Bertz CT molecular complexity index is 1740. The van der Waals surface area contributed by atoms with Crippen LogP contribution in [-0.2, 0) is 52.2 Å². The van der Waals surface area contributed by atoms with E-state index in [0.29, 0.717) is 19.3 Å². The van der Waals surface area contributed by atoms with Crippen LogP contribution in [0.3, 0.4) is 0 Å². The van der Waals surface area contributed by atoms with Crippen LogP contribution in [0.15, 0.2) is 28.4 Å². The van der Waals surface area contributed by atoms with Gasteiger partial charge in [0, 0.05) is 50.9 Å². The molecule has 23 atom stereocenters. The Balaban J connectivity index is 0.822. The summed E-state index contributed by atoms with van der Waals surface area (Å²) in [5.74, 6) is 0.963. The molecule has 0 aromatic carbocycles. The highest BCUT2D eigenvalue weighted by molar-refractivity contribution is 5.89. The van der Waals surface area contributed by atoms with E-state index in [0.717, 1.165) is 24.2 Å². The Labute approximate surface area is 374 Å². The number of aliphatic hydroxyl groups excluding tert-OH is 6. The van der Waals surface area contributed by atoms with Crippen molar-refractivity contribution in [3.63, 3.8) is 0 Å². The smallest absolute Gasteiger partial charge is 0.187 e. The first-order valence-corrected chi connectivity index (χ1v) is 23.1. The second-order valence-electron chi connectivity index (χ2n) is 19.3. The minimum atomic E-state index is -1.59. The molecule has 6 fully saturated rings. The fourth-order valence-electron chi connectivity index (χ4n) is 11.9. The molecule has 4 aliphatic heterocycles. The molecule has 7 aliphatic rings. The number of hydrogen-bond acceptors (Lipinski definition) is 18. The standard InChI is InChI=1S/C46H70O18/c1-20-25(12-13-56-20)26-10-11-28-27(38(26)50)9-8-24-14-31(30(49)18-46(24,28)5)60-35-15-29(48)42(21(2)57-35)62-36-16-32(54-6)43(22(3)58-36)63-37-17-33(55-7)44(23(4)59-37)64-45-41(53)40(52)39(51)34(19-47)61-45/h8,12-13,21-23,26-37,39-45,47-49,51-53H,9-11,14-19H2,1-7H3/t21-,22+,23+,26+,27-,28+,29+,30-,31-,32-,33+,34-,35+,36-,37+,39-,40+,41-,42-,43+,44-,45+,46+/m1/s1. The van der Waals surface area contributed by atoms with Crippen LogP contribution in [-0.4, -0.2) is 174 Å². The molecule has 18 heteroatoms. The van der Waals surface area contributed by atoms with Crippen LogP contribution in [0.1, 0.15) is 96.3 Å². The molecule has 0 amide bonds. The highest BCUT2D eigenvalue weighted by atomic mass is 16.8. The predicted molar refractivity (Wildman–Crippen MR) is 221 cm³/mol. The summed E-state index contributed by atoms with van der Waals surface area (Å²) in [5.41, 5.74) is 1.88. The summed E-state index contributed by atoms with van der Waals surface area (Å²) in [4.78, 5) is 13.8. The summed E-state index contributed by atoms with van der Waals surface area (Å²) < 4.78 is 66.9.